The van der Waals surface area contributed by atoms with E-state index in [1.54, 1.807) is 12.1 Å². The molecule has 1 aromatic carbocycles. The molecule has 6 nitrogen and oxygen atoms in total. The number of aliphatic hydroxyl groups is 1. The molecule has 0 spiro atoms. The molecule has 0 heterocycles. The van der Waals surface area contributed by atoms with Crippen LogP contribution in [0, 0.1) is 0 Å². The van der Waals surface area contributed by atoms with Crippen LogP contribution in [0.15, 0.2) is 29.2 Å². The van der Waals surface area contributed by atoms with E-state index in [1.165, 1.54) is 12.1 Å². The van der Waals surface area contributed by atoms with Crippen LogP contribution in [0.1, 0.15) is 12.5 Å². The first kappa shape index (κ1) is 15.6. The molecule has 0 aliphatic rings. The Balaban J connectivity index is 2.93. The van der Waals surface area contributed by atoms with Crippen LogP contribution in [0.4, 0.5) is 0 Å². The third kappa shape index (κ3) is 4.02. The highest BCUT2D eigenvalue weighted by Crippen LogP contribution is 2.11. The van der Waals surface area contributed by atoms with Crippen LogP contribution in [0.2, 0.25) is 0 Å². The average Bonchev–Trinajstić information content (AvgIpc) is 2.44. The van der Waals surface area contributed by atoms with Crippen molar-refractivity contribution in [2.75, 3.05) is 13.7 Å². The molecular weight excluding hydrogens is 270 g/mol. The van der Waals surface area contributed by atoms with E-state index in [9.17, 15) is 13.2 Å². The van der Waals surface area contributed by atoms with E-state index >= 15 is 0 Å². The quantitative estimate of drug-likeness (QED) is 0.722. The van der Waals surface area contributed by atoms with Gasteiger partial charge in [0.15, 0.2) is 0 Å². The number of nitrogens with one attached hydrogen (secondary N) is 1. The van der Waals surface area contributed by atoms with E-state index < -0.39 is 28.6 Å². The number of carbonyl (C=O) groups excluding carboxylic acids is 1. The second-order valence-electron chi connectivity index (χ2n) is 3.88. The van der Waals surface area contributed by atoms with Gasteiger partial charge in [0, 0.05) is 0 Å². The van der Waals surface area contributed by atoms with Crippen molar-refractivity contribution in [2.45, 2.75) is 24.3 Å². The van der Waals surface area contributed by atoms with Gasteiger partial charge in [-0.3, -0.25) is 4.79 Å². The predicted molar refractivity (Wildman–Crippen MR) is 69.0 cm³/mol. The summed E-state index contributed by atoms with van der Waals surface area (Å²) in [4.78, 5) is 11.3. The van der Waals surface area contributed by atoms with Gasteiger partial charge >= 0.3 is 5.97 Å². The van der Waals surface area contributed by atoms with Gasteiger partial charge in [0.1, 0.15) is 6.04 Å². The van der Waals surface area contributed by atoms with Crippen molar-refractivity contribution in [3.63, 3.8) is 0 Å². The molecular formula is C12H17NO5S. The van der Waals surface area contributed by atoms with E-state index in [-0.39, 0.29) is 4.90 Å². The Hall–Kier alpha value is -1.44. The topological polar surface area (TPSA) is 92.7 Å². The van der Waals surface area contributed by atoms with Crippen LogP contribution < -0.4 is 4.72 Å². The van der Waals surface area contributed by atoms with E-state index in [1.807, 2.05) is 6.92 Å². The largest absolute Gasteiger partial charge is 0.468 e. The first-order chi connectivity index (χ1) is 8.94. The van der Waals surface area contributed by atoms with E-state index in [0.717, 1.165) is 19.1 Å². The molecule has 0 aromatic heterocycles. The molecule has 106 valence electrons. The first-order valence-corrected chi connectivity index (χ1v) is 7.23. The average molecular weight is 287 g/mol. The fourth-order valence-electron chi connectivity index (χ4n) is 1.46. The van der Waals surface area contributed by atoms with Crippen LogP contribution in [0.5, 0.6) is 0 Å². The molecule has 0 saturated carbocycles. The normalized spacial score (nSPS) is 13.0. The lowest BCUT2D eigenvalue weighted by Gasteiger charge is -2.14. The Labute approximate surface area is 112 Å². The van der Waals surface area contributed by atoms with Crippen molar-refractivity contribution in [2.24, 2.45) is 0 Å². The van der Waals surface area contributed by atoms with Crippen LogP contribution in [0.25, 0.3) is 0 Å². The zero-order valence-corrected chi connectivity index (χ0v) is 11.6. The summed E-state index contributed by atoms with van der Waals surface area (Å²) in [5, 5.41) is 8.99. The van der Waals surface area contributed by atoms with E-state index in [4.69, 9.17) is 5.11 Å². The van der Waals surface area contributed by atoms with E-state index in [0.29, 0.717) is 0 Å². The van der Waals surface area contributed by atoms with Crippen molar-refractivity contribution >= 4 is 16.0 Å². The van der Waals surface area contributed by atoms with Crippen molar-refractivity contribution < 1.29 is 23.1 Å². The van der Waals surface area contributed by atoms with Gasteiger partial charge in [0.05, 0.1) is 18.6 Å². The molecule has 0 aliphatic carbocycles. The maximum atomic E-state index is 12.0. The number of ether oxygens (including phenoxy) is 1. The Bertz CT molecular complexity index is 524. The van der Waals surface area contributed by atoms with Crippen molar-refractivity contribution in [3.8, 4) is 0 Å². The highest BCUT2D eigenvalue weighted by atomic mass is 32.2. The maximum Gasteiger partial charge on any atom is 0.326 e. The summed E-state index contributed by atoms with van der Waals surface area (Å²) in [7, 11) is -2.74. The van der Waals surface area contributed by atoms with Gasteiger partial charge < -0.3 is 9.84 Å². The van der Waals surface area contributed by atoms with Gasteiger partial charge in [-0.05, 0) is 24.1 Å². The third-order valence-corrected chi connectivity index (χ3v) is 4.10. The van der Waals surface area contributed by atoms with Gasteiger partial charge in [-0.1, -0.05) is 19.1 Å². The lowest BCUT2D eigenvalue weighted by Crippen LogP contribution is -2.43. The molecule has 0 saturated heterocycles. The molecule has 1 unspecified atom stereocenters. The number of hydrogen-bond acceptors (Lipinski definition) is 5. The molecule has 0 aliphatic heterocycles. The molecule has 1 atom stereocenters. The molecule has 1 aromatic rings. The number of aryl methyl sites for hydroxylation is 1. The predicted octanol–water partition coefficient (Wildman–Crippen LogP) is 0.0612. The lowest BCUT2D eigenvalue weighted by molar-refractivity contribution is -0.143. The fourth-order valence-corrected chi connectivity index (χ4v) is 2.64. The second-order valence-corrected chi connectivity index (χ2v) is 5.59. The van der Waals surface area contributed by atoms with Gasteiger partial charge in [-0.2, -0.15) is 4.72 Å². The van der Waals surface area contributed by atoms with Gasteiger partial charge in [0.25, 0.3) is 0 Å². The number of benzene rings is 1. The zero-order chi connectivity index (χ0) is 14.5. The summed E-state index contributed by atoms with van der Waals surface area (Å²) < 4.78 is 30.5. The lowest BCUT2D eigenvalue weighted by atomic mass is 10.2. The standard InChI is InChI=1S/C12H17NO5S/c1-3-9-4-6-10(7-5-9)19(16,17)13-11(8-14)12(15)18-2/h4-7,11,13-14H,3,8H2,1-2H3. The summed E-state index contributed by atoms with van der Waals surface area (Å²) in [5.74, 6) is -0.837. The number of sulfonamides is 1. The zero-order valence-electron chi connectivity index (χ0n) is 10.8. The molecule has 0 fully saturated rings. The fraction of sp³-hybridized carbons (Fsp3) is 0.417. The third-order valence-electron chi connectivity index (χ3n) is 2.61. The molecule has 0 bridgehead atoms. The van der Waals surface area contributed by atoms with Crippen molar-refractivity contribution in [1.82, 2.24) is 4.72 Å². The molecule has 2 N–H and O–H groups in total. The molecule has 7 heteroatoms. The second kappa shape index (κ2) is 6.65. The number of aliphatic hydroxyl groups excluding tert-OH is 1. The van der Waals surface area contributed by atoms with Crippen LogP contribution >= 0.6 is 0 Å². The van der Waals surface area contributed by atoms with Crippen LogP contribution in [-0.4, -0.2) is 39.3 Å². The van der Waals surface area contributed by atoms with Crippen molar-refractivity contribution in [3.05, 3.63) is 29.8 Å². The smallest absolute Gasteiger partial charge is 0.326 e. The summed E-state index contributed by atoms with van der Waals surface area (Å²) >= 11 is 0. The Morgan fingerprint density at radius 2 is 1.95 bits per heavy atom. The summed E-state index contributed by atoms with van der Waals surface area (Å²) in [6.45, 7) is 1.29. The maximum absolute atomic E-state index is 12.0. The Morgan fingerprint density at radius 1 is 1.37 bits per heavy atom. The first-order valence-electron chi connectivity index (χ1n) is 5.74. The van der Waals surface area contributed by atoms with Gasteiger partial charge in [0.2, 0.25) is 10.0 Å². The molecule has 0 amide bonds. The van der Waals surface area contributed by atoms with Crippen LogP contribution in [0.3, 0.4) is 0 Å². The molecule has 19 heavy (non-hydrogen) atoms. The highest BCUT2D eigenvalue weighted by molar-refractivity contribution is 7.89. The number of carbonyl (C=O) groups is 1. The summed E-state index contributed by atoms with van der Waals surface area (Å²) in [6.07, 6.45) is 0.801. The van der Waals surface area contributed by atoms with Gasteiger partial charge in [-0.25, -0.2) is 8.42 Å². The number of esters is 1. The minimum atomic E-state index is -3.86. The van der Waals surface area contributed by atoms with Crippen molar-refractivity contribution in [1.29, 1.82) is 0 Å². The Morgan fingerprint density at radius 3 is 2.37 bits per heavy atom. The molecule has 1 rings (SSSR count). The number of methoxy groups -OCH3 is 1. The summed E-state index contributed by atoms with van der Waals surface area (Å²) in [6, 6.07) is 4.99. The van der Waals surface area contributed by atoms with Crippen LogP contribution in [-0.2, 0) is 26.0 Å². The van der Waals surface area contributed by atoms with Gasteiger partial charge in [-0.15, -0.1) is 0 Å². The summed E-state index contributed by atoms with van der Waals surface area (Å²) in [5.41, 5.74) is 1.01. The van der Waals surface area contributed by atoms with E-state index in [2.05, 4.69) is 9.46 Å². The highest BCUT2D eigenvalue weighted by Gasteiger charge is 2.25. The molecule has 0 radical (unpaired) electrons. The number of rotatable bonds is 6. The minimum absolute atomic E-state index is 0.0343. The number of hydrogen-bond donors (Lipinski definition) is 2. The monoisotopic (exact) mass is 287 g/mol. The Kier molecular flexibility index (Phi) is 5.46. The minimum Gasteiger partial charge on any atom is -0.468 e. The SMILES string of the molecule is CCc1ccc(S(=O)(=O)NC(CO)C(=O)OC)cc1.